The van der Waals surface area contributed by atoms with Crippen molar-refractivity contribution in [3.63, 3.8) is 0 Å². The highest BCUT2D eigenvalue weighted by molar-refractivity contribution is 7.89. The third-order valence-electron chi connectivity index (χ3n) is 4.72. The van der Waals surface area contributed by atoms with Gasteiger partial charge < -0.3 is 9.26 Å². The predicted octanol–water partition coefficient (Wildman–Crippen LogP) is 3.24. The molecule has 29 heavy (non-hydrogen) atoms. The molecule has 11 heteroatoms. The highest BCUT2D eigenvalue weighted by Crippen LogP contribution is 2.34. The van der Waals surface area contributed by atoms with Crippen LogP contribution in [0.4, 0.5) is 5.69 Å². The molecule has 0 saturated carbocycles. The van der Waals surface area contributed by atoms with Crippen LogP contribution in [0.2, 0.25) is 0 Å². The Bertz CT molecular complexity index is 968. The topological polar surface area (TPSA) is 129 Å². The van der Waals surface area contributed by atoms with Gasteiger partial charge in [-0.2, -0.15) is 9.29 Å². The molecule has 1 saturated heterocycles. The van der Waals surface area contributed by atoms with Gasteiger partial charge in [0, 0.05) is 25.6 Å². The number of nitro benzene ring substituents is 1. The molecular formula is C18H24N4O6S. The second-order valence-electron chi connectivity index (χ2n) is 6.91. The molecule has 1 fully saturated rings. The van der Waals surface area contributed by atoms with Crippen LogP contribution < -0.4 is 4.74 Å². The minimum Gasteiger partial charge on any atom is -0.474 e. The average Bonchev–Trinajstić information content (AvgIpc) is 3.38. The van der Waals surface area contributed by atoms with E-state index >= 15 is 0 Å². The maximum absolute atomic E-state index is 12.7. The van der Waals surface area contributed by atoms with Crippen molar-refractivity contribution < 1.29 is 22.6 Å². The molecule has 1 aliphatic heterocycles. The smallest absolute Gasteiger partial charge is 0.312 e. The van der Waals surface area contributed by atoms with Crippen LogP contribution in [0.15, 0.2) is 27.6 Å². The molecule has 0 amide bonds. The number of aryl methyl sites for hydroxylation is 1. The highest BCUT2D eigenvalue weighted by atomic mass is 32.2. The fourth-order valence-electron chi connectivity index (χ4n) is 3.09. The van der Waals surface area contributed by atoms with E-state index in [0.29, 0.717) is 25.3 Å². The van der Waals surface area contributed by atoms with Crippen LogP contribution in [-0.4, -0.2) is 40.9 Å². The molecule has 2 heterocycles. The molecule has 0 bridgehead atoms. The Labute approximate surface area is 169 Å². The van der Waals surface area contributed by atoms with Gasteiger partial charge in [-0.15, -0.1) is 0 Å². The molecule has 10 nitrogen and oxygen atoms in total. The Morgan fingerprint density at radius 3 is 2.72 bits per heavy atom. The minimum atomic E-state index is -3.77. The molecule has 1 aromatic heterocycles. The van der Waals surface area contributed by atoms with Crippen molar-refractivity contribution in [3.05, 3.63) is 40.0 Å². The zero-order valence-electron chi connectivity index (χ0n) is 16.4. The van der Waals surface area contributed by atoms with Crippen LogP contribution in [0.1, 0.15) is 57.3 Å². The molecular weight excluding hydrogens is 400 g/mol. The summed E-state index contributed by atoms with van der Waals surface area (Å²) in [6.07, 6.45) is 3.43. The molecule has 158 valence electrons. The molecule has 0 aliphatic carbocycles. The number of nitrogens with zero attached hydrogens (tertiary/aromatic N) is 4. The quantitative estimate of drug-likeness (QED) is 0.443. The van der Waals surface area contributed by atoms with E-state index < -0.39 is 26.7 Å². The molecule has 1 unspecified atom stereocenters. The van der Waals surface area contributed by atoms with Crippen LogP contribution in [-0.2, 0) is 16.4 Å². The summed E-state index contributed by atoms with van der Waals surface area (Å²) in [5, 5.41) is 15.4. The maximum Gasteiger partial charge on any atom is 0.312 e. The lowest BCUT2D eigenvalue weighted by Crippen LogP contribution is -2.27. The Morgan fingerprint density at radius 2 is 2.07 bits per heavy atom. The van der Waals surface area contributed by atoms with E-state index in [1.165, 1.54) is 16.4 Å². The summed E-state index contributed by atoms with van der Waals surface area (Å²) in [5.41, 5.74) is -0.428. The fourth-order valence-corrected chi connectivity index (χ4v) is 4.63. The lowest BCUT2D eigenvalue weighted by molar-refractivity contribution is -0.386. The Kier molecular flexibility index (Phi) is 6.48. The zero-order chi connectivity index (χ0) is 21.0. The highest BCUT2D eigenvalue weighted by Gasteiger charge is 2.30. The van der Waals surface area contributed by atoms with Gasteiger partial charge in [0.25, 0.3) is 5.89 Å². The number of hydrogen-bond donors (Lipinski definition) is 0. The summed E-state index contributed by atoms with van der Waals surface area (Å²) in [6, 6.07) is 3.66. The normalized spacial score (nSPS) is 16.1. The van der Waals surface area contributed by atoms with Gasteiger partial charge in [0.2, 0.25) is 10.0 Å². The van der Waals surface area contributed by atoms with Crippen LogP contribution in [0.5, 0.6) is 5.75 Å². The molecule has 2 aromatic rings. The van der Waals surface area contributed by atoms with Crippen molar-refractivity contribution in [1.82, 2.24) is 14.4 Å². The van der Waals surface area contributed by atoms with Crippen LogP contribution in [0.3, 0.4) is 0 Å². The van der Waals surface area contributed by atoms with Gasteiger partial charge in [-0.1, -0.05) is 18.5 Å². The first-order valence-electron chi connectivity index (χ1n) is 9.60. The summed E-state index contributed by atoms with van der Waals surface area (Å²) < 4.78 is 37.5. The molecule has 0 N–H and O–H groups in total. The van der Waals surface area contributed by atoms with Crippen molar-refractivity contribution in [3.8, 4) is 5.75 Å². The zero-order valence-corrected chi connectivity index (χ0v) is 17.2. The number of sulfonamides is 1. The van der Waals surface area contributed by atoms with Gasteiger partial charge in [-0.3, -0.25) is 10.1 Å². The van der Waals surface area contributed by atoms with Gasteiger partial charge in [0.15, 0.2) is 17.7 Å². The number of rotatable bonds is 9. The van der Waals surface area contributed by atoms with Crippen molar-refractivity contribution in [2.45, 2.75) is 57.0 Å². The second-order valence-corrected chi connectivity index (χ2v) is 8.85. The van der Waals surface area contributed by atoms with Gasteiger partial charge in [-0.05, 0) is 38.3 Å². The van der Waals surface area contributed by atoms with Crippen LogP contribution >= 0.6 is 0 Å². The van der Waals surface area contributed by atoms with E-state index in [-0.39, 0.29) is 16.5 Å². The van der Waals surface area contributed by atoms with Crippen LogP contribution in [0.25, 0.3) is 0 Å². The number of ether oxygens (including phenoxy) is 1. The molecule has 0 radical (unpaired) electrons. The molecule has 1 aromatic carbocycles. The number of nitro groups is 1. The largest absolute Gasteiger partial charge is 0.474 e. The summed E-state index contributed by atoms with van der Waals surface area (Å²) in [6.45, 7) is 4.53. The lowest BCUT2D eigenvalue weighted by atomic mass is 10.2. The number of unbranched alkanes of at least 4 members (excludes halogenated alkanes) is 1. The van der Waals surface area contributed by atoms with Gasteiger partial charge >= 0.3 is 5.69 Å². The Hall–Kier alpha value is -2.53. The third kappa shape index (κ3) is 4.73. The van der Waals surface area contributed by atoms with Crippen molar-refractivity contribution in [2.75, 3.05) is 13.1 Å². The van der Waals surface area contributed by atoms with Gasteiger partial charge in [0.1, 0.15) is 0 Å². The van der Waals surface area contributed by atoms with E-state index in [1.54, 1.807) is 6.92 Å². The van der Waals surface area contributed by atoms with E-state index in [9.17, 15) is 18.5 Å². The third-order valence-corrected chi connectivity index (χ3v) is 6.61. The standard InChI is InChI=1S/C18H24N4O6S/c1-3-4-7-17-19-18(28-20-17)13(2)27-16-9-8-14(12-15(16)22(23)24)29(25,26)21-10-5-6-11-21/h8-9,12-13H,3-7,10-11H2,1-2H3. The monoisotopic (exact) mass is 424 g/mol. The predicted molar refractivity (Wildman–Crippen MR) is 103 cm³/mol. The van der Waals surface area contributed by atoms with E-state index in [0.717, 1.165) is 31.7 Å². The lowest BCUT2D eigenvalue weighted by Gasteiger charge is -2.16. The minimum absolute atomic E-state index is 0.0591. The number of hydrogen-bond acceptors (Lipinski definition) is 8. The van der Waals surface area contributed by atoms with E-state index in [2.05, 4.69) is 17.1 Å². The average molecular weight is 424 g/mol. The summed E-state index contributed by atoms with van der Waals surface area (Å²) >= 11 is 0. The second kappa shape index (κ2) is 8.87. The van der Waals surface area contributed by atoms with Crippen LogP contribution in [0, 0.1) is 10.1 Å². The number of benzene rings is 1. The first kappa shape index (κ1) is 21.2. The first-order valence-corrected chi connectivity index (χ1v) is 11.0. The molecule has 1 aliphatic rings. The maximum atomic E-state index is 12.7. The molecule has 0 spiro atoms. The Morgan fingerprint density at radius 1 is 1.34 bits per heavy atom. The SMILES string of the molecule is CCCCc1noc(C(C)Oc2ccc(S(=O)(=O)N3CCCC3)cc2[N+](=O)[O-])n1. The molecule has 1 atom stereocenters. The summed E-state index contributed by atoms with van der Waals surface area (Å²) in [7, 11) is -3.77. The fraction of sp³-hybridized carbons (Fsp3) is 0.556. The van der Waals surface area contributed by atoms with Crippen molar-refractivity contribution in [1.29, 1.82) is 0 Å². The summed E-state index contributed by atoms with van der Waals surface area (Å²) in [5.74, 6) is 0.703. The van der Waals surface area contributed by atoms with Gasteiger partial charge in [-0.25, -0.2) is 8.42 Å². The summed E-state index contributed by atoms with van der Waals surface area (Å²) in [4.78, 5) is 15.0. The Balaban J connectivity index is 1.82. The first-order chi connectivity index (χ1) is 13.8. The number of aromatic nitrogens is 2. The van der Waals surface area contributed by atoms with E-state index in [4.69, 9.17) is 9.26 Å². The molecule has 3 rings (SSSR count). The van der Waals surface area contributed by atoms with Crippen molar-refractivity contribution >= 4 is 15.7 Å². The van der Waals surface area contributed by atoms with Gasteiger partial charge in [0.05, 0.1) is 9.82 Å². The van der Waals surface area contributed by atoms with E-state index in [1.807, 2.05) is 0 Å². The van der Waals surface area contributed by atoms with Crippen molar-refractivity contribution in [2.24, 2.45) is 0 Å².